The van der Waals surface area contributed by atoms with Crippen molar-refractivity contribution >= 4 is 12.1 Å². The van der Waals surface area contributed by atoms with E-state index >= 15 is 0 Å². The summed E-state index contributed by atoms with van der Waals surface area (Å²) in [4.78, 5) is 30.9. The second kappa shape index (κ2) is 7.04. The summed E-state index contributed by atoms with van der Waals surface area (Å²) in [6.45, 7) is 7.92. The molecule has 1 saturated carbocycles. The van der Waals surface area contributed by atoms with E-state index in [0.29, 0.717) is 25.0 Å². The molecular formula is C19H33N3O3. The van der Waals surface area contributed by atoms with Gasteiger partial charge in [0.1, 0.15) is 5.60 Å². The number of amides is 3. The zero-order valence-corrected chi connectivity index (χ0v) is 16.2. The molecule has 2 saturated heterocycles. The van der Waals surface area contributed by atoms with Gasteiger partial charge in [-0.15, -0.1) is 0 Å². The van der Waals surface area contributed by atoms with Crippen molar-refractivity contribution in [2.45, 2.75) is 77.0 Å². The second-order valence-corrected chi connectivity index (χ2v) is 8.88. The van der Waals surface area contributed by atoms with Gasteiger partial charge in [-0.05, 0) is 52.4 Å². The van der Waals surface area contributed by atoms with E-state index in [1.54, 1.807) is 4.90 Å². The maximum Gasteiger partial charge on any atom is 0.410 e. The Kier molecular flexibility index (Phi) is 5.16. The first-order valence-corrected chi connectivity index (χ1v) is 9.77. The van der Waals surface area contributed by atoms with Gasteiger partial charge in [0.05, 0.1) is 0 Å². The quantitative estimate of drug-likeness (QED) is 0.728. The number of nitrogens with zero attached hydrogens (tertiary/aromatic N) is 3. The van der Waals surface area contributed by atoms with Gasteiger partial charge in [-0.1, -0.05) is 12.8 Å². The molecule has 6 nitrogen and oxygen atoms in total. The molecule has 2 heterocycles. The normalized spacial score (nSPS) is 28.8. The average molecular weight is 351 g/mol. The first-order chi connectivity index (χ1) is 11.8. The topological polar surface area (TPSA) is 53.1 Å². The van der Waals surface area contributed by atoms with Crippen LogP contribution in [0.1, 0.15) is 59.3 Å². The minimum Gasteiger partial charge on any atom is -0.444 e. The monoisotopic (exact) mass is 351 g/mol. The molecule has 0 aromatic rings. The third-order valence-electron chi connectivity index (χ3n) is 5.79. The van der Waals surface area contributed by atoms with Crippen molar-refractivity contribution in [1.82, 2.24) is 14.7 Å². The molecule has 3 amide bonds. The summed E-state index contributed by atoms with van der Waals surface area (Å²) in [5.74, 6) is 0.611. The van der Waals surface area contributed by atoms with Crippen LogP contribution in [0.2, 0.25) is 0 Å². The number of hydrogen-bond donors (Lipinski definition) is 0. The van der Waals surface area contributed by atoms with Gasteiger partial charge < -0.3 is 19.4 Å². The first-order valence-electron chi connectivity index (χ1n) is 9.77. The Hall–Kier alpha value is -1.46. The van der Waals surface area contributed by atoms with Crippen LogP contribution in [0.3, 0.4) is 0 Å². The van der Waals surface area contributed by atoms with Gasteiger partial charge in [-0.3, -0.25) is 0 Å². The van der Waals surface area contributed by atoms with Crippen LogP contribution in [0.15, 0.2) is 0 Å². The van der Waals surface area contributed by atoms with E-state index in [1.165, 1.54) is 19.3 Å². The lowest BCUT2D eigenvalue weighted by Crippen LogP contribution is -2.63. The van der Waals surface area contributed by atoms with Gasteiger partial charge in [0.15, 0.2) is 0 Å². The number of piperidine rings is 1. The van der Waals surface area contributed by atoms with Crippen LogP contribution in [0.25, 0.3) is 0 Å². The summed E-state index contributed by atoms with van der Waals surface area (Å²) >= 11 is 0. The number of urea groups is 1. The molecule has 3 fully saturated rings. The molecule has 0 aromatic carbocycles. The molecule has 0 bridgehead atoms. The fraction of sp³-hybridized carbons (Fsp3) is 0.895. The highest BCUT2D eigenvalue weighted by Gasteiger charge is 2.43. The van der Waals surface area contributed by atoms with Crippen LogP contribution in [-0.2, 0) is 4.74 Å². The van der Waals surface area contributed by atoms with Gasteiger partial charge in [0.25, 0.3) is 0 Å². The predicted octanol–water partition coefficient (Wildman–Crippen LogP) is 3.31. The minimum absolute atomic E-state index is 0.180. The van der Waals surface area contributed by atoms with Crippen LogP contribution >= 0.6 is 0 Å². The Bertz CT molecular complexity index is 509. The zero-order chi connectivity index (χ0) is 18.2. The third-order valence-corrected chi connectivity index (χ3v) is 5.79. The third kappa shape index (κ3) is 4.04. The molecule has 0 unspecified atom stereocenters. The molecule has 0 aromatic heterocycles. The molecular weight excluding hydrogens is 318 g/mol. The number of fused-ring (bicyclic) bond motifs is 1. The van der Waals surface area contributed by atoms with Gasteiger partial charge in [0.2, 0.25) is 0 Å². The van der Waals surface area contributed by atoms with Crippen LogP contribution in [0.4, 0.5) is 9.59 Å². The number of rotatable bonds is 1. The Balaban J connectivity index is 1.62. The maximum absolute atomic E-state index is 12.8. The first kappa shape index (κ1) is 18.3. The van der Waals surface area contributed by atoms with Gasteiger partial charge in [-0.2, -0.15) is 0 Å². The molecule has 3 aliphatic rings. The second-order valence-electron chi connectivity index (χ2n) is 8.88. The van der Waals surface area contributed by atoms with E-state index in [4.69, 9.17) is 4.74 Å². The molecule has 25 heavy (non-hydrogen) atoms. The number of carbonyl (C=O) groups excluding carboxylic acids is 2. The lowest BCUT2D eigenvalue weighted by atomic mass is 9.80. The predicted molar refractivity (Wildman–Crippen MR) is 96.4 cm³/mol. The van der Waals surface area contributed by atoms with Crippen molar-refractivity contribution in [1.29, 1.82) is 0 Å². The van der Waals surface area contributed by atoms with E-state index < -0.39 is 5.60 Å². The Morgan fingerprint density at radius 2 is 1.72 bits per heavy atom. The lowest BCUT2D eigenvalue weighted by Gasteiger charge is -2.51. The summed E-state index contributed by atoms with van der Waals surface area (Å²) < 4.78 is 5.48. The van der Waals surface area contributed by atoms with Crippen molar-refractivity contribution in [3.8, 4) is 0 Å². The highest BCUT2D eigenvalue weighted by Crippen LogP contribution is 2.36. The largest absolute Gasteiger partial charge is 0.444 e. The van der Waals surface area contributed by atoms with Crippen molar-refractivity contribution in [2.75, 3.05) is 26.7 Å². The maximum atomic E-state index is 12.8. The highest BCUT2D eigenvalue weighted by molar-refractivity contribution is 5.76. The van der Waals surface area contributed by atoms with E-state index in [1.807, 2.05) is 32.7 Å². The van der Waals surface area contributed by atoms with Crippen LogP contribution in [-0.4, -0.2) is 71.2 Å². The Morgan fingerprint density at radius 3 is 2.36 bits per heavy atom. The summed E-state index contributed by atoms with van der Waals surface area (Å²) in [6, 6.07) is 0.828. The molecule has 0 radical (unpaired) electrons. The number of carbonyl (C=O) groups is 2. The van der Waals surface area contributed by atoms with Crippen LogP contribution < -0.4 is 0 Å². The molecule has 2 atom stereocenters. The van der Waals surface area contributed by atoms with Crippen molar-refractivity contribution in [3.05, 3.63) is 0 Å². The fourth-order valence-corrected chi connectivity index (χ4v) is 4.62. The number of likely N-dealkylation sites (tertiary alicyclic amines) is 1. The van der Waals surface area contributed by atoms with Crippen LogP contribution in [0, 0.1) is 5.92 Å². The minimum atomic E-state index is -0.463. The van der Waals surface area contributed by atoms with Crippen LogP contribution in [0.5, 0.6) is 0 Å². The standard InChI is InChI=1S/C19H33N3O3/c1-19(2,3)25-18(24)21-11-9-15(10-12-21)22-16-8-6-5-7-14(16)13-20(4)17(22)23/h14-16H,5-13H2,1-4H3/t14-,16+/m1/s1. The average Bonchev–Trinajstić information content (AvgIpc) is 2.55. The van der Waals surface area contributed by atoms with E-state index in [0.717, 1.165) is 25.8 Å². The van der Waals surface area contributed by atoms with Crippen molar-refractivity contribution in [2.24, 2.45) is 5.92 Å². The van der Waals surface area contributed by atoms with E-state index in [9.17, 15) is 9.59 Å². The summed E-state index contributed by atoms with van der Waals surface area (Å²) in [7, 11) is 1.93. The summed E-state index contributed by atoms with van der Waals surface area (Å²) in [6.07, 6.45) is 6.35. The number of hydrogen-bond acceptors (Lipinski definition) is 3. The smallest absolute Gasteiger partial charge is 0.410 e. The zero-order valence-electron chi connectivity index (χ0n) is 16.2. The Morgan fingerprint density at radius 1 is 1.08 bits per heavy atom. The molecule has 0 N–H and O–H groups in total. The molecule has 3 rings (SSSR count). The molecule has 2 aliphatic heterocycles. The highest BCUT2D eigenvalue weighted by atomic mass is 16.6. The molecule has 0 spiro atoms. The Labute approximate surface area is 151 Å². The van der Waals surface area contributed by atoms with E-state index in [2.05, 4.69) is 4.90 Å². The number of ether oxygens (including phenoxy) is 1. The lowest BCUT2D eigenvalue weighted by molar-refractivity contribution is -0.00367. The van der Waals surface area contributed by atoms with E-state index in [-0.39, 0.29) is 18.2 Å². The molecule has 142 valence electrons. The van der Waals surface area contributed by atoms with Gasteiger partial charge in [0, 0.05) is 38.8 Å². The summed E-state index contributed by atoms with van der Waals surface area (Å²) in [5, 5.41) is 0. The molecule has 1 aliphatic carbocycles. The summed E-state index contributed by atoms with van der Waals surface area (Å²) in [5.41, 5.74) is -0.463. The van der Waals surface area contributed by atoms with Crippen molar-refractivity contribution < 1.29 is 14.3 Å². The molecule has 6 heteroatoms. The van der Waals surface area contributed by atoms with Crippen molar-refractivity contribution in [3.63, 3.8) is 0 Å². The fourth-order valence-electron chi connectivity index (χ4n) is 4.62. The van der Waals surface area contributed by atoms with Gasteiger partial charge >= 0.3 is 12.1 Å². The van der Waals surface area contributed by atoms with Gasteiger partial charge in [-0.25, -0.2) is 9.59 Å². The SMILES string of the molecule is CN1C[C@H]2CCCC[C@@H]2N(C2CCN(C(=O)OC(C)(C)C)CC2)C1=O.